The van der Waals surface area contributed by atoms with Crippen molar-refractivity contribution in [2.75, 3.05) is 30.5 Å². The van der Waals surface area contributed by atoms with Crippen LogP contribution in [0.1, 0.15) is 40.9 Å². The first kappa shape index (κ1) is 30.1. The molecule has 0 aliphatic rings. The number of carbonyl (C=O) groups excluding carboxylic acids is 2. The van der Waals surface area contributed by atoms with E-state index in [1.165, 1.54) is 6.07 Å². The minimum absolute atomic E-state index is 0.0532. The van der Waals surface area contributed by atoms with E-state index in [1.807, 2.05) is 0 Å². The van der Waals surface area contributed by atoms with Gasteiger partial charge in [-0.2, -0.15) is 0 Å². The van der Waals surface area contributed by atoms with Crippen molar-refractivity contribution < 1.29 is 34.1 Å². The van der Waals surface area contributed by atoms with Gasteiger partial charge in [-0.25, -0.2) is 4.79 Å². The Kier molecular flexibility index (Phi) is 11.0. The average Bonchev–Trinajstić information content (AvgIpc) is 2.95. The number of halogens is 1. The van der Waals surface area contributed by atoms with E-state index in [2.05, 4.69) is 15.8 Å². The molecule has 0 fully saturated rings. The van der Waals surface area contributed by atoms with Crippen LogP contribution in [-0.2, 0) is 22.7 Å². The molecular formula is C28H31ClN4O7. The van der Waals surface area contributed by atoms with E-state index in [-0.39, 0.29) is 37.8 Å². The zero-order valence-electron chi connectivity index (χ0n) is 22.1. The van der Waals surface area contributed by atoms with E-state index in [0.717, 1.165) is 0 Å². The molecule has 6 N–H and O–H groups in total. The summed E-state index contributed by atoms with van der Waals surface area (Å²) < 4.78 is 16.5. The fraction of sp³-hybridized carbons (Fsp3) is 0.250. The SMILES string of the molecule is CCOC(=O)COc1c(CNc2ccc(Cl)cc2C(=O)Nc2ccc(/C(N)=N/O)cc2)cc(CO)cc1OCC. The number of oxime groups is 1. The van der Waals surface area contributed by atoms with Gasteiger partial charge in [-0.05, 0) is 74.0 Å². The molecule has 12 heteroatoms. The van der Waals surface area contributed by atoms with Crippen LogP contribution in [0.5, 0.6) is 11.5 Å². The number of rotatable bonds is 13. The van der Waals surface area contributed by atoms with Gasteiger partial charge in [0.25, 0.3) is 5.91 Å². The van der Waals surface area contributed by atoms with Gasteiger partial charge in [0.05, 0.1) is 25.4 Å². The average molecular weight is 571 g/mol. The molecule has 0 saturated carbocycles. The number of benzene rings is 3. The van der Waals surface area contributed by atoms with Crippen molar-refractivity contribution in [3.8, 4) is 11.5 Å². The van der Waals surface area contributed by atoms with Gasteiger partial charge < -0.3 is 40.9 Å². The fourth-order valence-corrected chi connectivity index (χ4v) is 3.91. The summed E-state index contributed by atoms with van der Waals surface area (Å²) in [6, 6.07) is 14.6. The van der Waals surface area contributed by atoms with Crippen LogP contribution in [-0.4, -0.2) is 47.8 Å². The van der Waals surface area contributed by atoms with Crippen molar-refractivity contribution in [3.05, 3.63) is 81.9 Å². The Balaban J connectivity index is 1.86. The lowest BCUT2D eigenvalue weighted by molar-refractivity contribution is -0.145. The summed E-state index contributed by atoms with van der Waals surface area (Å²) >= 11 is 6.20. The predicted molar refractivity (Wildman–Crippen MR) is 151 cm³/mol. The number of aliphatic hydroxyl groups excluding tert-OH is 1. The standard InChI is InChI=1S/C28H31ClN4O7/c1-3-38-24-12-17(15-34)11-19(26(24)40-16-25(35)39-4-2)14-31-23-10-7-20(29)13-22(23)28(36)32-21-8-5-18(6-9-21)27(30)33-37/h5-13,31,34,37H,3-4,14-16H2,1-2H3,(H2,30,33)(H,32,36). The van der Waals surface area contributed by atoms with Crippen LogP contribution in [0.15, 0.2) is 59.8 Å². The van der Waals surface area contributed by atoms with E-state index < -0.39 is 11.9 Å². The lowest BCUT2D eigenvalue weighted by Gasteiger charge is -2.19. The van der Waals surface area contributed by atoms with E-state index in [1.54, 1.807) is 62.4 Å². The number of aliphatic hydroxyl groups is 1. The Morgan fingerprint density at radius 2 is 1.77 bits per heavy atom. The molecule has 1 amide bonds. The Labute approximate surface area is 236 Å². The highest BCUT2D eigenvalue weighted by Crippen LogP contribution is 2.34. The second kappa shape index (κ2) is 14.6. The molecule has 3 aromatic rings. The molecule has 0 saturated heterocycles. The first-order chi connectivity index (χ1) is 19.3. The second-order valence-electron chi connectivity index (χ2n) is 8.33. The molecule has 0 bridgehead atoms. The van der Waals surface area contributed by atoms with Gasteiger partial charge in [-0.3, -0.25) is 4.79 Å². The number of nitrogens with one attached hydrogen (secondary N) is 2. The van der Waals surface area contributed by atoms with E-state index in [9.17, 15) is 14.7 Å². The molecule has 11 nitrogen and oxygen atoms in total. The van der Waals surface area contributed by atoms with E-state index in [4.69, 9.17) is 36.8 Å². The first-order valence-electron chi connectivity index (χ1n) is 12.4. The molecule has 0 aromatic heterocycles. The highest BCUT2D eigenvalue weighted by atomic mass is 35.5. The molecule has 0 radical (unpaired) electrons. The molecule has 212 valence electrons. The minimum Gasteiger partial charge on any atom is -0.490 e. The number of nitrogens with zero attached hydrogens (tertiary/aromatic N) is 1. The number of anilines is 2. The number of nitrogens with two attached hydrogens (primary N) is 1. The molecule has 0 unspecified atom stereocenters. The van der Waals surface area contributed by atoms with Crippen molar-refractivity contribution in [3.63, 3.8) is 0 Å². The maximum atomic E-state index is 13.2. The summed E-state index contributed by atoms with van der Waals surface area (Å²) in [4.78, 5) is 25.1. The summed E-state index contributed by atoms with van der Waals surface area (Å²) in [7, 11) is 0. The Morgan fingerprint density at radius 3 is 2.42 bits per heavy atom. The van der Waals surface area contributed by atoms with Crippen LogP contribution in [0.25, 0.3) is 0 Å². The number of ether oxygens (including phenoxy) is 3. The Hall–Kier alpha value is -4.48. The summed E-state index contributed by atoms with van der Waals surface area (Å²) in [5.41, 5.74) is 8.46. The molecular weight excluding hydrogens is 540 g/mol. The molecule has 0 heterocycles. The van der Waals surface area contributed by atoms with Crippen LogP contribution in [0.4, 0.5) is 11.4 Å². The van der Waals surface area contributed by atoms with Crippen LogP contribution in [0, 0.1) is 0 Å². The number of amides is 1. The molecule has 0 aliphatic heterocycles. The zero-order valence-corrected chi connectivity index (χ0v) is 22.8. The van der Waals surface area contributed by atoms with E-state index in [0.29, 0.717) is 51.2 Å². The predicted octanol–water partition coefficient (Wildman–Crippen LogP) is 4.13. The van der Waals surface area contributed by atoms with Gasteiger partial charge in [0.2, 0.25) is 0 Å². The Morgan fingerprint density at radius 1 is 1.02 bits per heavy atom. The maximum Gasteiger partial charge on any atom is 0.344 e. The second-order valence-corrected chi connectivity index (χ2v) is 8.76. The van der Waals surface area contributed by atoms with Crippen LogP contribution >= 0.6 is 11.6 Å². The highest BCUT2D eigenvalue weighted by Gasteiger charge is 2.18. The Bertz CT molecular complexity index is 1360. The number of carbonyl (C=O) groups is 2. The van der Waals surface area contributed by atoms with Gasteiger partial charge in [-0.1, -0.05) is 16.8 Å². The largest absolute Gasteiger partial charge is 0.490 e. The van der Waals surface area contributed by atoms with Gasteiger partial charge in [0, 0.05) is 34.1 Å². The monoisotopic (exact) mass is 570 g/mol. The van der Waals surface area contributed by atoms with Gasteiger partial charge in [0.1, 0.15) is 0 Å². The zero-order chi connectivity index (χ0) is 29.1. The molecule has 40 heavy (non-hydrogen) atoms. The van der Waals surface area contributed by atoms with Crippen LogP contribution in [0.3, 0.4) is 0 Å². The summed E-state index contributed by atoms with van der Waals surface area (Å²) in [5.74, 6) is -0.349. The van der Waals surface area contributed by atoms with Gasteiger partial charge >= 0.3 is 5.97 Å². The highest BCUT2D eigenvalue weighted by molar-refractivity contribution is 6.31. The van der Waals surface area contributed by atoms with Crippen LogP contribution < -0.4 is 25.8 Å². The molecule has 0 aliphatic carbocycles. The van der Waals surface area contributed by atoms with Crippen molar-refractivity contribution in [2.24, 2.45) is 10.9 Å². The van der Waals surface area contributed by atoms with Crippen molar-refractivity contribution in [1.29, 1.82) is 0 Å². The number of hydrogen-bond acceptors (Lipinski definition) is 9. The minimum atomic E-state index is -0.536. The molecule has 3 rings (SSSR count). The van der Waals surface area contributed by atoms with Gasteiger partial charge in [-0.15, -0.1) is 0 Å². The summed E-state index contributed by atoms with van der Waals surface area (Å²) in [6.07, 6.45) is 0. The number of hydrogen-bond donors (Lipinski definition) is 5. The maximum absolute atomic E-state index is 13.2. The third-order valence-corrected chi connectivity index (χ3v) is 5.79. The number of amidine groups is 1. The van der Waals surface area contributed by atoms with Crippen LogP contribution in [0.2, 0.25) is 5.02 Å². The quantitative estimate of drug-likeness (QED) is 0.0667. The fourth-order valence-electron chi connectivity index (χ4n) is 3.74. The number of esters is 1. The van der Waals surface area contributed by atoms with Gasteiger partial charge in [0.15, 0.2) is 23.9 Å². The van der Waals surface area contributed by atoms with Crippen molar-refractivity contribution in [2.45, 2.75) is 27.0 Å². The topological polar surface area (TPSA) is 165 Å². The lowest BCUT2D eigenvalue weighted by Crippen LogP contribution is -2.17. The van der Waals surface area contributed by atoms with Crippen molar-refractivity contribution >= 4 is 40.7 Å². The summed E-state index contributed by atoms with van der Waals surface area (Å²) in [6.45, 7) is 3.64. The molecule has 0 atom stereocenters. The van der Waals surface area contributed by atoms with E-state index >= 15 is 0 Å². The third kappa shape index (κ3) is 8.01. The molecule has 0 spiro atoms. The van der Waals surface area contributed by atoms with Crippen molar-refractivity contribution in [1.82, 2.24) is 0 Å². The molecule has 3 aromatic carbocycles. The normalized spacial score (nSPS) is 11.1. The smallest absolute Gasteiger partial charge is 0.344 e. The first-order valence-corrected chi connectivity index (χ1v) is 12.8. The summed E-state index contributed by atoms with van der Waals surface area (Å²) in [5, 5.41) is 27.9. The lowest BCUT2D eigenvalue weighted by atomic mass is 10.1. The third-order valence-electron chi connectivity index (χ3n) is 5.56.